The third-order valence-electron chi connectivity index (χ3n) is 3.68. The Hall–Kier alpha value is -1.68. The first-order valence-electron chi connectivity index (χ1n) is 7.08. The van der Waals surface area contributed by atoms with Gasteiger partial charge in [-0.15, -0.1) is 0 Å². The highest BCUT2D eigenvalue weighted by atomic mass is 19.1. The van der Waals surface area contributed by atoms with Crippen LogP contribution < -0.4 is 5.32 Å². The number of nitrogens with one attached hydrogen (secondary N) is 1. The third kappa shape index (κ3) is 2.90. The van der Waals surface area contributed by atoms with E-state index in [0.717, 1.165) is 29.9 Å². The average Bonchev–Trinajstić information content (AvgIpc) is 2.76. The maximum Gasteiger partial charge on any atom is 0.147 e. The number of hydrogen-bond acceptors (Lipinski definition) is 2. The largest absolute Gasteiger partial charge is 0.310 e. The molecule has 0 aliphatic heterocycles. The lowest BCUT2D eigenvalue weighted by Gasteiger charge is -2.15. The molecule has 2 rings (SSSR count). The summed E-state index contributed by atoms with van der Waals surface area (Å²) in [5.74, 6) is -0.215. The maximum atomic E-state index is 14.3. The first-order chi connectivity index (χ1) is 9.54. The second kappa shape index (κ2) is 6.18. The van der Waals surface area contributed by atoms with Crippen LogP contribution in [0, 0.1) is 19.7 Å². The van der Waals surface area contributed by atoms with E-state index in [0.29, 0.717) is 5.69 Å². The Balaban J connectivity index is 2.28. The summed E-state index contributed by atoms with van der Waals surface area (Å²) in [6.07, 6.45) is 2.74. The summed E-state index contributed by atoms with van der Waals surface area (Å²) < 4.78 is 16.1. The quantitative estimate of drug-likeness (QED) is 0.902. The number of rotatable bonds is 5. The molecule has 0 radical (unpaired) electrons. The number of halogens is 1. The molecule has 1 heterocycles. The smallest absolute Gasteiger partial charge is 0.147 e. The standard InChI is InChI=1S/C16H22FN3/c1-5-8-18-12(3)14-6-7-16(15(17)9-14)20-10-19-11(2)13(20)4/h6-7,9-10,12,18H,5,8H2,1-4H3. The molecule has 108 valence electrons. The Morgan fingerprint density at radius 1 is 1.35 bits per heavy atom. The van der Waals surface area contributed by atoms with Crippen molar-refractivity contribution in [3.63, 3.8) is 0 Å². The lowest BCUT2D eigenvalue weighted by Crippen LogP contribution is -2.19. The van der Waals surface area contributed by atoms with Crippen molar-refractivity contribution in [2.45, 2.75) is 40.2 Å². The fraction of sp³-hybridized carbons (Fsp3) is 0.438. The highest BCUT2D eigenvalue weighted by Gasteiger charge is 2.12. The second-order valence-corrected chi connectivity index (χ2v) is 5.17. The number of benzene rings is 1. The van der Waals surface area contributed by atoms with Crippen molar-refractivity contribution < 1.29 is 4.39 Å². The fourth-order valence-electron chi connectivity index (χ4n) is 2.21. The fourth-order valence-corrected chi connectivity index (χ4v) is 2.21. The molecule has 1 unspecified atom stereocenters. The van der Waals surface area contributed by atoms with Crippen LogP contribution in [0.5, 0.6) is 0 Å². The highest BCUT2D eigenvalue weighted by Crippen LogP contribution is 2.21. The Labute approximate surface area is 119 Å². The molecular formula is C16H22FN3. The minimum absolute atomic E-state index is 0.157. The van der Waals surface area contributed by atoms with E-state index < -0.39 is 0 Å². The van der Waals surface area contributed by atoms with Gasteiger partial charge in [0.1, 0.15) is 5.82 Å². The van der Waals surface area contributed by atoms with Crippen molar-refractivity contribution in [1.82, 2.24) is 14.9 Å². The predicted octanol–water partition coefficient (Wildman–Crippen LogP) is 3.69. The molecule has 0 bridgehead atoms. The molecule has 3 nitrogen and oxygen atoms in total. The Bertz CT molecular complexity index is 589. The van der Waals surface area contributed by atoms with Crippen molar-refractivity contribution in [3.8, 4) is 5.69 Å². The summed E-state index contributed by atoms with van der Waals surface area (Å²) in [5, 5.41) is 3.36. The van der Waals surface area contributed by atoms with Gasteiger partial charge in [0.15, 0.2) is 0 Å². The molecule has 0 amide bonds. The number of aryl methyl sites for hydroxylation is 1. The Morgan fingerprint density at radius 3 is 2.65 bits per heavy atom. The van der Waals surface area contributed by atoms with Crippen molar-refractivity contribution >= 4 is 0 Å². The summed E-state index contributed by atoms with van der Waals surface area (Å²) in [7, 11) is 0. The van der Waals surface area contributed by atoms with Gasteiger partial charge >= 0.3 is 0 Å². The zero-order valence-corrected chi connectivity index (χ0v) is 12.6. The number of imidazole rings is 1. The monoisotopic (exact) mass is 275 g/mol. The zero-order chi connectivity index (χ0) is 14.7. The van der Waals surface area contributed by atoms with Crippen molar-refractivity contribution in [2.75, 3.05) is 6.54 Å². The molecule has 2 aromatic rings. The van der Waals surface area contributed by atoms with Gasteiger partial charge in [0.2, 0.25) is 0 Å². The Morgan fingerprint density at radius 2 is 2.10 bits per heavy atom. The molecule has 0 spiro atoms. The molecule has 4 heteroatoms. The molecule has 1 aromatic carbocycles. The van der Waals surface area contributed by atoms with Crippen molar-refractivity contribution in [2.24, 2.45) is 0 Å². The molecule has 1 N–H and O–H groups in total. The minimum atomic E-state index is -0.215. The topological polar surface area (TPSA) is 29.9 Å². The number of aromatic nitrogens is 2. The molecule has 20 heavy (non-hydrogen) atoms. The maximum absolute atomic E-state index is 14.3. The summed E-state index contributed by atoms with van der Waals surface area (Å²) in [6, 6.07) is 5.56. The van der Waals surface area contributed by atoms with Crippen molar-refractivity contribution in [1.29, 1.82) is 0 Å². The number of hydrogen-bond donors (Lipinski definition) is 1. The minimum Gasteiger partial charge on any atom is -0.310 e. The zero-order valence-electron chi connectivity index (χ0n) is 12.6. The van der Waals surface area contributed by atoms with Gasteiger partial charge in [-0.1, -0.05) is 13.0 Å². The molecule has 0 aliphatic rings. The van der Waals surface area contributed by atoms with Crippen LogP contribution in [0.4, 0.5) is 4.39 Å². The van der Waals surface area contributed by atoms with E-state index in [1.165, 1.54) is 0 Å². The van der Waals surface area contributed by atoms with Gasteiger partial charge in [-0.25, -0.2) is 9.37 Å². The van der Waals surface area contributed by atoms with Gasteiger partial charge in [-0.2, -0.15) is 0 Å². The van der Waals surface area contributed by atoms with Crippen LogP contribution in [0.1, 0.15) is 43.3 Å². The summed E-state index contributed by atoms with van der Waals surface area (Å²) in [6.45, 7) is 8.98. The van der Waals surface area contributed by atoms with Crippen molar-refractivity contribution in [3.05, 3.63) is 47.3 Å². The SMILES string of the molecule is CCCNC(C)c1ccc(-n2cnc(C)c2C)c(F)c1. The third-order valence-corrected chi connectivity index (χ3v) is 3.68. The van der Waals surface area contributed by atoms with E-state index in [1.54, 1.807) is 17.0 Å². The first-order valence-corrected chi connectivity index (χ1v) is 7.08. The lowest BCUT2D eigenvalue weighted by atomic mass is 10.1. The number of nitrogens with zero attached hydrogens (tertiary/aromatic N) is 2. The molecule has 1 atom stereocenters. The average molecular weight is 275 g/mol. The summed E-state index contributed by atoms with van der Waals surface area (Å²) in [5.41, 5.74) is 3.41. The van der Waals surface area contributed by atoms with Crippen LogP contribution in [-0.2, 0) is 0 Å². The van der Waals surface area contributed by atoms with Crippen LogP contribution in [0.2, 0.25) is 0 Å². The lowest BCUT2D eigenvalue weighted by molar-refractivity contribution is 0.560. The molecule has 0 saturated heterocycles. The highest BCUT2D eigenvalue weighted by molar-refractivity contribution is 5.39. The molecule has 0 saturated carbocycles. The van der Waals surface area contributed by atoms with Gasteiger partial charge in [-0.05, 0) is 51.4 Å². The van der Waals surface area contributed by atoms with Crippen LogP contribution in [0.3, 0.4) is 0 Å². The molecule has 0 aliphatic carbocycles. The van der Waals surface area contributed by atoms with E-state index in [2.05, 4.69) is 24.1 Å². The van der Waals surface area contributed by atoms with Gasteiger partial charge in [0.05, 0.1) is 17.7 Å². The Kier molecular flexibility index (Phi) is 4.55. The van der Waals surface area contributed by atoms with E-state index >= 15 is 0 Å². The van der Waals surface area contributed by atoms with Gasteiger partial charge in [0, 0.05) is 11.7 Å². The summed E-state index contributed by atoms with van der Waals surface area (Å²) in [4.78, 5) is 4.22. The van der Waals surface area contributed by atoms with E-state index in [4.69, 9.17) is 0 Å². The summed E-state index contributed by atoms with van der Waals surface area (Å²) >= 11 is 0. The van der Waals surface area contributed by atoms with Gasteiger partial charge in [0.25, 0.3) is 0 Å². The van der Waals surface area contributed by atoms with Gasteiger partial charge in [-0.3, -0.25) is 0 Å². The van der Waals surface area contributed by atoms with Crippen LogP contribution in [-0.4, -0.2) is 16.1 Å². The molecule has 1 aromatic heterocycles. The molecule has 0 fully saturated rings. The van der Waals surface area contributed by atoms with Gasteiger partial charge < -0.3 is 9.88 Å². The predicted molar refractivity (Wildman–Crippen MR) is 79.7 cm³/mol. The normalized spacial score (nSPS) is 12.7. The first kappa shape index (κ1) is 14.7. The van der Waals surface area contributed by atoms with Crippen LogP contribution >= 0.6 is 0 Å². The van der Waals surface area contributed by atoms with Crippen LogP contribution in [0.15, 0.2) is 24.5 Å². The van der Waals surface area contributed by atoms with E-state index in [1.807, 2.05) is 26.0 Å². The van der Waals surface area contributed by atoms with Crippen LogP contribution in [0.25, 0.3) is 5.69 Å². The van der Waals surface area contributed by atoms with E-state index in [-0.39, 0.29) is 11.9 Å². The molecular weight excluding hydrogens is 253 g/mol. The second-order valence-electron chi connectivity index (χ2n) is 5.17. The van der Waals surface area contributed by atoms with E-state index in [9.17, 15) is 4.39 Å².